The zero-order valence-corrected chi connectivity index (χ0v) is 11.1. The molecule has 0 aliphatic carbocycles. The summed E-state index contributed by atoms with van der Waals surface area (Å²) in [4.78, 5) is 0.169. The summed E-state index contributed by atoms with van der Waals surface area (Å²) in [6.45, 7) is 0.487. The third kappa shape index (κ3) is 3.14. The van der Waals surface area contributed by atoms with E-state index in [2.05, 4.69) is 4.72 Å². The largest absolute Gasteiger partial charge is 0.398 e. The summed E-state index contributed by atoms with van der Waals surface area (Å²) in [7, 11) is -3.47. The third-order valence-electron chi connectivity index (χ3n) is 2.73. The minimum absolute atomic E-state index is 0.169. The standard InChI is InChI=1S/C11H16N2O2S2/c12-10-5-1-2-6-11(10)17(14,15)13-8-9-4-3-7-16-9/h1-2,5-6,9,13H,3-4,7-8,12H2. The number of thioether (sulfide) groups is 1. The van der Waals surface area contributed by atoms with Crippen molar-refractivity contribution in [3.05, 3.63) is 24.3 Å². The highest BCUT2D eigenvalue weighted by atomic mass is 32.2. The number of nitrogen functional groups attached to an aromatic ring is 1. The molecule has 2 rings (SSSR count). The van der Waals surface area contributed by atoms with E-state index in [9.17, 15) is 8.42 Å². The average molecular weight is 272 g/mol. The predicted molar refractivity (Wildman–Crippen MR) is 71.5 cm³/mol. The Hall–Kier alpha value is -0.720. The van der Waals surface area contributed by atoms with Crippen molar-refractivity contribution in [2.24, 2.45) is 0 Å². The van der Waals surface area contributed by atoms with E-state index in [1.165, 1.54) is 12.5 Å². The quantitative estimate of drug-likeness (QED) is 0.814. The van der Waals surface area contributed by atoms with Crippen molar-refractivity contribution < 1.29 is 8.42 Å². The Morgan fingerprint density at radius 3 is 2.82 bits per heavy atom. The highest BCUT2D eigenvalue weighted by Crippen LogP contribution is 2.26. The highest BCUT2D eigenvalue weighted by molar-refractivity contribution is 8.00. The Morgan fingerprint density at radius 1 is 1.41 bits per heavy atom. The first-order valence-electron chi connectivity index (χ1n) is 5.55. The minimum Gasteiger partial charge on any atom is -0.398 e. The van der Waals surface area contributed by atoms with E-state index in [1.54, 1.807) is 18.2 Å². The number of para-hydroxylation sites is 1. The number of rotatable bonds is 4. The van der Waals surface area contributed by atoms with Gasteiger partial charge in [-0.1, -0.05) is 12.1 Å². The molecular weight excluding hydrogens is 256 g/mol. The molecule has 1 saturated heterocycles. The second-order valence-corrected chi connectivity index (χ2v) is 7.17. The lowest BCUT2D eigenvalue weighted by molar-refractivity contribution is 0.579. The molecule has 3 N–H and O–H groups in total. The number of nitrogens with two attached hydrogens (primary N) is 1. The van der Waals surface area contributed by atoms with E-state index >= 15 is 0 Å². The van der Waals surface area contributed by atoms with Crippen molar-refractivity contribution in [1.29, 1.82) is 0 Å². The summed E-state index contributed by atoms with van der Waals surface area (Å²) in [5.41, 5.74) is 5.96. The first-order chi connectivity index (χ1) is 8.09. The van der Waals surface area contributed by atoms with Crippen molar-refractivity contribution >= 4 is 27.5 Å². The van der Waals surface area contributed by atoms with Crippen LogP contribution in [-0.2, 0) is 10.0 Å². The molecule has 1 aliphatic rings. The molecule has 0 radical (unpaired) electrons. The van der Waals surface area contributed by atoms with Crippen molar-refractivity contribution in [3.8, 4) is 0 Å². The van der Waals surface area contributed by atoms with E-state index in [0.717, 1.165) is 12.2 Å². The molecule has 1 aromatic carbocycles. The van der Waals surface area contributed by atoms with Gasteiger partial charge in [0, 0.05) is 11.8 Å². The molecular formula is C11H16N2O2S2. The van der Waals surface area contributed by atoms with Gasteiger partial charge in [0.15, 0.2) is 0 Å². The molecule has 1 heterocycles. The molecule has 0 bridgehead atoms. The summed E-state index contributed by atoms with van der Waals surface area (Å²) in [6.07, 6.45) is 2.25. The van der Waals surface area contributed by atoms with Gasteiger partial charge in [-0.2, -0.15) is 11.8 Å². The van der Waals surface area contributed by atoms with Crippen molar-refractivity contribution in [2.75, 3.05) is 18.0 Å². The molecule has 1 unspecified atom stereocenters. The fourth-order valence-electron chi connectivity index (χ4n) is 1.81. The van der Waals surface area contributed by atoms with Crippen LogP contribution in [0.5, 0.6) is 0 Å². The monoisotopic (exact) mass is 272 g/mol. The van der Waals surface area contributed by atoms with Crippen LogP contribution in [0, 0.1) is 0 Å². The van der Waals surface area contributed by atoms with Crippen molar-refractivity contribution in [2.45, 2.75) is 23.0 Å². The van der Waals surface area contributed by atoms with E-state index in [-0.39, 0.29) is 4.90 Å². The number of hydrogen-bond acceptors (Lipinski definition) is 4. The molecule has 17 heavy (non-hydrogen) atoms. The van der Waals surface area contributed by atoms with Crippen LogP contribution in [0.4, 0.5) is 5.69 Å². The van der Waals surface area contributed by atoms with Gasteiger partial charge in [-0.05, 0) is 30.7 Å². The van der Waals surface area contributed by atoms with Crippen molar-refractivity contribution in [3.63, 3.8) is 0 Å². The van der Waals surface area contributed by atoms with Gasteiger partial charge in [0.1, 0.15) is 4.90 Å². The summed E-state index contributed by atoms with van der Waals surface area (Å²) in [5.74, 6) is 1.12. The summed E-state index contributed by atoms with van der Waals surface area (Å²) >= 11 is 1.82. The number of sulfonamides is 1. The Kier molecular flexibility index (Phi) is 3.96. The van der Waals surface area contributed by atoms with Gasteiger partial charge in [-0.15, -0.1) is 0 Å². The molecule has 94 valence electrons. The molecule has 6 heteroatoms. The van der Waals surface area contributed by atoms with Crippen LogP contribution >= 0.6 is 11.8 Å². The molecule has 1 aromatic rings. The van der Waals surface area contributed by atoms with Crippen LogP contribution < -0.4 is 10.5 Å². The smallest absolute Gasteiger partial charge is 0.242 e. The highest BCUT2D eigenvalue weighted by Gasteiger charge is 2.21. The number of anilines is 1. The van der Waals surface area contributed by atoms with E-state index in [0.29, 0.717) is 17.5 Å². The predicted octanol–water partition coefficient (Wildman–Crippen LogP) is 1.44. The van der Waals surface area contributed by atoms with Crippen LogP contribution in [0.25, 0.3) is 0 Å². The fraction of sp³-hybridized carbons (Fsp3) is 0.455. The van der Waals surface area contributed by atoms with E-state index in [4.69, 9.17) is 5.73 Å². The fourth-order valence-corrected chi connectivity index (χ4v) is 4.33. The van der Waals surface area contributed by atoms with E-state index < -0.39 is 10.0 Å². The Morgan fingerprint density at radius 2 is 2.18 bits per heavy atom. The zero-order valence-electron chi connectivity index (χ0n) is 9.43. The number of nitrogens with one attached hydrogen (secondary N) is 1. The number of benzene rings is 1. The molecule has 0 spiro atoms. The van der Waals surface area contributed by atoms with Gasteiger partial charge in [-0.3, -0.25) is 0 Å². The van der Waals surface area contributed by atoms with Gasteiger partial charge in [0.25, 0.3) is 0 Å². The maximum atomic E-state index is 12.0. The van der Waals surface area contributed by atoms with Gasteiger partial charge >= 0.3 is 0 Å². The van der Waals surface area contributed by atoms with Crippen LogP contribution in [0.3, 0.4) is 0 Å². The molecule has 0 aromatic heterocycles. The second-order valence-electron chi connectivity index (χ2n) is 4.02. The van der Waals surface area contributed by atoms with Crippen LogP contribution in [0.1, 0.15) is 12.8 Å². The topological polar surface area (TPSA) is 72.2 Å². The first kappa shape index (κ1) is 12.7. The first-order valence-corrected chi connectivity index (χ1v) is 8.08. The molecule has 1 fully saturated rings. The maximum absolute atomic E-state index is 12.0. The SMILES string of the molecule is Nc1ccccc1S(=O)(=O)NCC1CCCS1. The van der Waals surface area contributed by atoms with E-state index in [1.807, 2.05) is 11.8 Å². The van der Waals surface area contributed by atoms with Gasteiger partial charge < -0.3 is 5.73 Å². The Bertz CT molecular complexity index is 482. The summed E-state index contributed by atoms with van der Waals surface area (Å²) in [5, 5.41) is 0.398. The molecule has 0 saturated carbocycles. The summed E-state index contributed by atoms with van der Waals surface area (Å²) < 4.78 is 26.6. The summed E-state index contributed by atoms with van der Waals surface area (Å²) in [6, 6.07) is 6.52. The lowest BCUT2D eigenvalue weighted by Crippen LogP contribution is -2.30. The second kappa shape index (κ2) is 5.29. The Balaban J connectivity index is 2.06. The average Bonchev–Trinajstić information content (AvgIpc) is 2.80. The van der Waals surface area contributed by atoms with Crippen LogP contribution in [-0.4, -0.2) is 26.0 Å². The maximum Gasteiger partial charge on any atom is 0.242 e. The number of hydrogen-bond donors (Lipinski definition) is 2. The lowest BCUT2D eigenvalue weighted by Gasteiger charge is -2.12. The van der Waals surface area contributed by atoms with Crippen LogP contribution in [0.2, 0.25) is 0 Å². The Labute approximate surface area is 106 Å². The molecule has 1 atom stereocenters. The van der Waals surface area contributed by atoms with Crippen LogP contribution in [0.15, 0.2) is 29.2 Å². The van der Waals surface area contributed by atoms with Gasteiger partial charge in [0.05, 0.1) is 5.69 Å². The minimum atomic E-state index is -3.47. The molecule has 1 aliphatic heterocycles. The van der Waals surface area contributed by atoms with Crippen molar-refractivity contribution in [1.82, 2.24) is 4.72 Å². The normalized spacial score (nSPS) is 20.6. The third-order valence-corrected chi connectivity index (χ3v) is 5.63. The molecule has 0 amide bonds. The van der Waals surface area contributed by atoms with Gasteiger partial charge in [-0.25, -0.2) is 13.1 Å². The van der Waals surface area contributed by atoms with Gasteiger partial charge in [0.2, 0.25) is 10.0 Å². The molecule has 4 nitrogen and oxygen atoms in total. The zero-order chi connectivity index (χ0) is 12.3. The lowest BCUT2D eigenvalue weighted by atomic mass is 10.2.